The number of fused-ring (bicyclic) bond motifs is 2. The number of hydrogen-bond acceptors (Lipinski definition) is 5. The van der Waals surface area contributed by atoms with Crippen LogP contribution in [0.4, 0.5) is 5.69 Å². The van der Waals surface area contributed by atoms with E-state index in [1.54, 1.807) is 12.4 Å². The van der Waals surface area contributed by atoms with Gasteiger partial charge < -0.3 is 11.2 Å². The van der Waals surface area contributed by atoms with Crippen LogP contribution < -0.4 is 16.6 Å². The van der Waals surface area contributed by atoms with Gasteiger partial charge in [-0.25, -0.2) is 4.99 Å². The molecule has 144 valence electrons. The number of anilines is 1. The number of nitrogen functional groups attached to an aromatic ring is 1. The molecular weight excluding hydrogens is 348 g/mol. The zero-order valence-corrected chi connectivity index (χ0v) is 16.4. The van der Waals surface area contributed by atoms with Crippen LogP contribution in [0, 0.1) is 0 Å². The van der Waals surface area contributed by atoms with Crippen LogP contribution in [0.1, 0.15) is 38.1 Å². The van der Waals surface area contributed by atoms with Crippen molar-refractivity contribution in [2.75, 3.05) is 17.7 Å². The largest absolute Gasteiger partial charge is 0.384 e. The molecule has 0 saturated heterocycles. The number of nitrogens with zero attached hydrogens (tertiary/aromatic N) is 4. The average Bonchev–Trinajstić information content (AvgIpc) is 2.69. The lowest BCUT2D eigenvalue weighted by Gasteiger charge is -2.32. The Bertz CT molecular complexity index is 1110. The summed E-state index contributed by atoms with van der Waals surface area (Å²) >= 11 is 0. The van der Waals surface area contributed by atoms with Crippen LogP contribution in [0.25, 0.3) is 10.9 Å². The maximum Gasteiger partial charge on any atom is 0.160 e. The number of allylic oxidation sites excluding steroid dienone is 1. The van der Waals surface area contributed by atoms with E-state index < -0.39 is 0 Å². The fourth-order valence-corrected chi connectivity index (χ4v) is 3.62. The van der Waals surface area contributed by atoms with Gasteiger partial charge in [0.2, 0.25) is 0 Å². The van der Waals surface area contributed by atoms with Crippen LogP contribution in [0.5, 0.6) is 0 Å². The molecule has 4 heterocycles. The Morgan fingerprint density at radius 1 is 1.32 bits per heavy atom. The van der Waals surface area contributed by atoms with Crippen molar-refractivity contribution >= 4 is 16.6 Å². The highest BCUT2D eigenvalue weighted by Crippen LogP contribution is 2.35. The van der Waals surface area contributed by atoms with Crippen molar-refractivity contribution in [2.24, 2.45) is 4.99 Å². The summed E-state index contributed by atoms with van der Waals surface area (Å²) in [5.74, 6) is 6.08. The molecule has 0 aromatic carbocycles. The highest BCUT2D eigenvalue weighted by atomic mass is 15.3. The predicted molar refractivity (Wildman–Crippen MR) is 113 cm³/mol. The first kappa shape index (κ1) is 18.2. The first-order valence-corrected chi connectivity index (χ1v) is 9.62. The van der Waals surface area contributed by atoms with Gasteiger partial charge in [0.05, 0.1) is 16.9 Å². The molecular formula is C22H26N6. The SMILES string of the molecule is C=C(CCc1ccc2c(n1)C(C)(C)CCN2)/N=c1/c2cccnc2ccn1N. The van der Waals surface area contributed by atoms with Crippen molar-refractivity contribution in [3.63, 3.8) is 0 Å². The van der Waals surface area contributed by atoms with Crippen molar-refractivity contribution in [3.05, 3.63) is 71.9 Å². The average molecular weight is 374 g/mol. The van der Waals surface area contributed by atoms with Crippen molar-refractivity contribution in [1.82, 2.24) is 14.6 Å². The van der Waals surface area contributed by atoms with E-state index in [2.05, 4.69) is 47.9 Å². The van der Waals surface area contributed by atoms with Crippen LogP contribution in [-0.4, -0.2) is 21.2 Å². The summed E-state index contributed by atoms with van der Waals surface area (Å²) in [5, 5.41) is 4.36. The molecule has 0 aliphatic carbocycles. The van der Waals surface area contributed by atoms with Crippen LogP contribution in [-0.2, 0) is 11.8 Å². The smallest absolute Gasteiger partial charge is 0.160 e. The van der Waals surface area contributed by atoms with E-state index in [1.807, 2.05) is 18.2 Å². The molecule has 3 aromatic heterocycles. The van der Waals surface area contributed by atoms with Gasteiger partial charge in [-0.05, 0) is 49.6 Å². The fourth-order valence-electron chi connectivity index (χ4n) is 3.62. The van der Waals surface area contributed by atoms with Crippen molar-refractivity contribution in [2.45, 2.75) is 38.5 Å². The number of nitrogens with two attached hydrogens (primary N) is 1. The Morgan fingerprint density at radius 2 is 2.18 bits per heavy atom. The summed E-state index contributed by atoms with van der Waals surface area (Å²) in [7, 11) is 0. The zero-order valence-electron chi connectivity index (χ0n) is 16.4. The van der Waals surface area contributed by atoms with E-state index in [-0.39, 0.29) is 5.41 Å². The van der Waals surface area contributed by atoms with Crippen LogP contribution in [0.3, 0.4) is 0 Å². The highest BCUT2D eigenvalue weighted by Gasteiger charge is 2.28. The van der Waals surface area contributed by atoms with E-state index in [9.17, 15) is 0 Å². The topological polar surface area (TPSA) is 81.1 Å². The Labute approximate surface area is 164 Å². The molecule has 0 bridgehead atoms. The number of aryl methyl sites for hydroxylation is 1. The summed E-state index contributed by atoms with van der Waals surface area (Å²) in [6, 6.07) is 9.97. The van der Waals surface area contributed by atoms with Gasteiger partial charge in [-0.2, -0.15) is 0 Å². The maximum absolute atomic E-state index is 6.08. The Balaban J connectivity index is 1.56. The van der Waals surface area contributed by atoms with Crippen molar-refractivity contribution < 1.29 is 0 Å². The number of nitrogens with one attached hydrogen (secondary N) is 1. The van der Waals surface area contributed by atoms with Crippen molar-refractivity contribution in [1.29, 1.82) is 0 Å². The first-order chi connectivity index (χ1) is 13.4. The maximum atomic E-state index is 6.08. The predicted octanol–water partition coefficient (Wildman–Crippen LogP) is 3.29. The number of pyridine rings is 3. The van der Waals surface area contributed by atoms with E-state index >= 15 is 0 Å². The molecule has 3 N–H and O–H groups in total. The monoisotopic (exact) mass is 374 g/mol. The Kier molecular flexibility index (Phi) is 4.63. The fraction of sp³-hybridized carbons (Fsp3) is 0.318. The molecule has 0 unspecified atom stereocenters. The quantitative estimate of drug-likeness (QED) is 0.687. The third-order valence-electron chi connectivity index (χ3n) is 5.31. The molecule has 1 aliphatic rings. The van der Waals surface area contributed by atoms with Crippen LogP contribution in [0.15, 0.2) is 60.0 Å². The second kappa shape index (κ2) is 7.11. The van der Waals surface area contributed by atoms with E-state index in [4.69, 9.17) is 10.8 Å². The van der Waals surface area contributed by atoms with Gasteiger partial charge in [0.15, 0.2) is 5.49 Å². The standard InChI is InChI=1S/C22H26N6/c1-15(26-21-17-5-4-12-24-18(17)10-14-28(21)23)6-7-16-8-9-19-20(27-16)22(2,3)11-13-25-19/h4-5,8-10,12,14,25H,1,6-7,11,13,23H2,2-3H3/b26-21-. The van der Waals surface area contributed by atoms with Gasteiger partial charge >= 0.3 is 0 Å². The molecule has 28 heavy (non-hydrogen) atoms. The molecule has 0 amide bonds. The molecule has 3 aromatic rings. The number of rotatable bonds is 4. The van der Waals surface area contributed by atoms with Gasteiger partial charge in [-0.15, -0.1) is 0 Å². The van der Waals surface area contributed by atoms with Gasteiger partial charge in [-0.1, -0.05) is 20.4 Å². The lowest BCUT2D eigenvalue weighted by atomic mass is 9.82. The van der Waals surface area contributed by atoms with Gasteiger partial charge in [0.1, 0.15) is 0 Å². The van der Waals surface area contributed by atoms with E-state index in [1.165, 1.54) is 4.68 Å². The van der Waals surface area contributed by atoms with Crippen LogP contribution in [0.2, 0.25) is 0 Å². The first-order valence-electron chi connectivity index (χ1n) is 9.62. The third kappa shape index (κ3) is 3.50. The van der Waals surface area contributed by atoms with Crippen molar-refractivity contribution in [3.8, 4) is 0 Å². The minimum absolute atomic E-state index is 0.0963. The summed E-state index contributed by atoms with van der Waals surface area (Å²) in [6.07, 6.45) is 6.13. The minimum Gasteiger partial charge on any atom is -0.384 e. The summed E-state index contributed by atoms with van der Waals surface area (Å²) in [5.41, 5.74) is 5.76. The molecule has 0 saturated carbocycles. The molecule has 6 nitrogen and oxygen atoms in total. The number of hydrogen-bond donors (Lipinski definition) is 2. The molecule has 0 spiro atoms. The minimum atomic E-state index is 0.0963. The molecule has 4 rings (SSSR count). The molecule has 0 atom stereocenters. The summed E-state index contributed by atoms with van der Waals surface area (Å²) in [6.45, 7) is 9.64. The van der Waals surface area contributed by atoms with Gasteiger partial charge in [0.25, 0.3) is 0 Å². The van der Waals surface area contributed by atoms with Gasteiger partial charge in [-0.3, -0.25) is 14.6 Å². The Hall–Kier alpha value is -3.15. The highest BCUT2D eigenvalue weighted by molar-refractivity contribution is 5.76. The molecule has 0 radical (unpaired) electrons. The van der Waals surface area contributed by atoms with Crippen LogP contribution >= 0.6 is 0 Å². The lowest BCUT2D eigenvalue weighted by molar-refractivity contribution is 0.465. The molecule has 0 fully saturated rings. The normalized spacial score (nSPS) is 15.9. The second-order valence-electron chi connectivity index (χ2n) is 7.92. The molecule has 6 heteroatoms. The molecule has 1 aliphatic heterocycles. The summed E-state index contributed by atoms with van der Waals surface area (Å²) in [4.78, 5) is 14.0. The zero-order chi connectivity index (χ0) is 19.7. The lowest BCUT2D eigenvalue weighted by Crippen LogP contribution is -2.29. The number of aromatic nitrogens is 3. The van der Waals surface area contributed by atoms with Gasteiger partial charge in [0, 0.05) is 41.1 Å². The second-order valence-corrected chi connectivity index (χ2v) is 7.92. The summed E-state index contributed by atoms with van der Waals surface area (Å²) < 4.78 is 1.51. The Morgan fingerprint density at radius 3 is 3.04 bits per heavy atom. The van der Waals surface area contributed by atoms with E-state index in [0.717, 1.165) is 59.5 Å². The van der Waals surface area contributed by atoms with E-state index in [0.29, 0.717) is 5.49 Å². The third-order valence-corrected chi connectivity index (χ3v) is 5.31.